The van der Waals surface area contributed by atoms with E-state index < -0.39 is 0 Å². The van der Waals surface area contributed by atoms with Gasteiger partial charge in [0.1, 0.15) is 0 Å². The van der Waals surface area contributed by atoms with E-state index in [0.717, 1.165) is 12.8 Å². The second kappa shape index (κ2) is 12.6. The second-order valence-electron chi connectivity index (χ2n) is 2.71. The molecule has 0 spiro atoms. The van der Waals surface area contributed by atoms with Crippen LogP contribution in [0.4, 0.5) is 0 Å². The molecule has 0 saturated heterocycles. The Bertz CT molecular complexity index is 312. The molecule has 0 unspecified atom stereocenters. The Morgan fingerprint density at radius 3 is 1.67 bits per heavy atom. The van der Waals surface area contributed by atoms with Crippen molar-refractivity contribution < 1.29 is 10.2 Å². The van der Waals surface area contributed by atoms with E-state index in [1.54, 1.807) is 0 Å². The molecule has 2 N–H and O–H groups in total. The van der Waals surface area contributed by atoms with Gasteiger partial charge in [0.25, 0.3) is 0 Å². The van der Waals surface area contributed by atoms with Crippen molar-refractivity contribution in [1.82, 2.24) is 0 Å². The Labute approximate surface area is 91.7 Å². The first-order valence-electron chi connectivity index (χ1n) is 5.00. The molecule has 0 amide bonds. The van der Waals surface area contributed by atoms with Gasteiger partial charge < -0.3 is 10.2 Å². The standard InChI is InChI=1S/C13H16O2/c14-12-10-8-6-4-2-1-3-5-7-9-11-13-15/h14-15H,2,5,8,10-13H2. The van der Waals surface area contributed by atoms with Crippen molar-refractivity contribution in [3.05, 3.63) is 0 Å². The summed E-state index contributed by atoms with van der Waals surface area (Å²) in [7, 11) is 0. The monoisotopic (exact) mass is 204 g/mol. The van der Waals surface area contributed by atoms with Crippen molar-refractivity contribution in [3.63, 3.8) is 0 Å². The van der Waals surface area contributed by atoms with Gasteiger partial charge >= 0.3 is 0 Å². The quantitative estimate of drug-likeness (QED) is 0.530. The van der Waals surface area contributed by atoms with Gasteiger partial charge in [-0.15, -0.1) is 5.92 Å². The smallest absolute Gasteiger partial charge is 0.0703 e. The van der Waals surface area contributed by atoms with Crippen LogP contribution in [0.15, 0.2) is 0 Å². The Morgan fingerprint density at radius 2 is 1.13 bits per heavy atom. The third-order valence-corrected chi connectivity index (χ3v) is 1.43. The van der Waals surface area contributed by atoms with E-state index >= 15 is 0 Å². The Morgan fingerprint density at radius 1 is 0.600 bits per heavy atom. The summed E-state index contributed by atoms with van der Waals surface area (Å²) in [4.78, 5) is 0. The van der Waals surface area contributed by atoms with Gasteiger partial charge in [0.05, 0.1) is 19.4 Å². The minimum absolute atomic E-state index is 0.108. The highest BCUT2D eigenvalue weighted by atomic mass is 16.3. The molecule has 0 aliphatic heterocycles. The molecule has 2 nitrogen and oxygen atoms in total. The molecule has 0 fully saturated rings. The summed E-state index contributed by atoms with van der Waals surface area (Å²) in [6, 6.07) is 0. The number of rotatable bonds is 3. The fraction of sp³-hybridized carbons (Fsp3) is 0.538. The minimum Gasteiger partial charge on any atom is -0.396 e. The molecule has 0 rings (SSSR count). The lowest BCUT2D eigenvalue weighted by Crippen LogP contribution is -1.78. The van der Waals surface area contributed by atoms with Crippen molar-refractivity contribution >= 4 is 0 Å². The summed E-state index contributed by atoms with van der Waals surface area (Å²) in [5.41, 5.74) is 0. The van der Waals surface area contributed by atoms with Crippen LogP contribution in [0.25, 0.3) is 0 Å². The first kappa shape index (κ1) is 13.6. The van der Waals surface area contributed by atoms with Crippen molar-refractivity contribution in [2.24, 2.45) is 0 Å². The maximum atomic E-state index is 8.48. The average Bonchev–Trinajstić information content (AvgIpc) is 2.26. The van der Waals surface area contributed by atoms with Crippen LogP contribution in [-0.2, 0) is 0 Å². The zero-order valence-electron chi connectivity index (χ0n) is 8.84. The molecule has 0 aromatic rings. The number of aliphatic hydroxyl groups excluding tert-OH is 2. The molecule has 0 bridgehead atoms. The van der Waals surface area contributed by atoms with Crippen LogP contribution < -0.4 is 0 Å². The highest BCUT2D eigenvalue weighted by molar-refractivity contribution is 5.16. The normalized spacial score (nSPS) is 7.60. The summed E-state index contributed by atoms with van der Waals surface area (Å²) in [5.74, 6) is 17.2. The van der Waals surface area contributed by atoms with Crippen molar-refractivity contribution in [1.29, 1.82) is 0 Å². The lowest BCUT2D eigenvalue weighted by Gasteiger charge is -1.82. The van der Waals surface area contributed by atoms with Gasteiger partial charge in [-0.25, -0.2) is 0 Å². The molecule has 80 valence electrons. The molecule has 0 heterocycles. The molecule has 15 heavy (non-hydrogen) atoms. The molecule has 2 heteroatoms. The number of hydrogen-bond acceptors (Lipinski definition) is 2. The van der Waals surface area contributed by atoms with Gasteiger partial charge in [-0.2, -0.15) is 0 Å². The minimum atomic E-state index is 0.108. The van der Waals surface area contributed by atoms with E-state index in [4.69, 9.17) is 10.2 Å². The Kier molecular flexibility index (Phi) is 11.4. The number of unbranched alkanes of at least 4 members (excludes halogenated alkanes) is 1. The molecule has 0 atom stereocenters. The molecular formula is C13H16O2. The first-order valence-corrected chi connectivity index (χ1v) is 5.00. The van der Waals surface area contributed by atoms with Crippen LogP contribution in [0.2, 0.25) is 0 Å². The van der Waals surface area contributed by atoms with E-state index in [1.165, 1.54) is 0 Å². The zero-order chi connectivity index (χ0) is 11.2. The highest BCUT2D eigenvalue weighted by Crippen LogP contribution is 1.83. The summed E-state index contributed by atoms with van der Waals surface area (Å²) in [6.45, 7) is 0.303. The molecule has 0 radical (unpaired) electrons. The molecular weight excluding hydrogens is 188 g/mol. The molecule has 0 aromatic heterocycles. The van der Waals surface area contributed by atoms with Crippen molar-refractivity contribution in [2.45, 2.75) is 32.1 Å². The van der Waals surface area contributed by atoms with Gasteiger partial charge in [-0.1, -0.05) is 29.6 Å². The predicted octanol–water partition coefficient (Wildman–Crippen LogP) is 0.932. The molecule has 0 saturated carbocycles. The Hall–Kier alpha value is -1.40. The van der Waals surface area contributed by atoms with Crippen LogP contribution in [0.3, 0.4) is 0 Å². The van der Waals surface area contributed by atoms with Gasteiger partial charge in [0.15, 0.2) is 0 Å². The maximum Gasteiger partial charge on any atom is 0.0703 e. The first-order chi connectivity index (χ1) is 7.41. The summed E-state index contributed by atoms with van der Waals surface area (Å²) >= 11 is 0. The zero-order valence-corrected chi connectivity index (χ0v) is 8.84. The highest BCUT2D eigenvalue weighted by Gasteiger charge is 1.76. The number of aliphatic hydroxyl groups is 2. The third-order valence-electron chi connectivity index (χ3n) is 1.43. The summed E-state index contributed by atoms with van der Waals surface area (Å²) in [6.07, 6.45) is 3.08. The molecule has 0 aromatic carbocycles. The number of hydrogen-bond donors (Lipinski definition) is 2. The second-order valence-corrected chi connectivity index (χ2v) is 2.71. The summed E-state index contributed by atoms with van der Waals surface area (Å²) < 4.78 is 0. The van der Waals surface area contributed by atoms with E-state index in [1.807, 2.05) is 0 Å². The summed E-state index contributed by atoms with van der Waals surface area (Å²) in [5, 5.41) is 16.9. The van der Waals surface area contributed by atoms with Crippen molar-refractivity contribution in [3.8, 4) is 35.5 Å². The lowest BCUT2D eigenvalue weighted by atomic mass is 10.3. The predicted molar refractivity (Wildman–Crippen MR) is 60.6 cm³/mol. The van der Waals surface area contributed by atoms with Gasteiger partial charge in [0.2, 0.25) is 0 Å². The van der Waals surface area contributed by atoms with E-state index in [2.05, 4.69) is 35.5 Å². The van der Waals surface area contributed by atoms with E-state index in [9.17, 15) is 0 Å². The van der Waals surface area contributed by atoms with Gasteiger partial charge in [0, 0.05) is 19.4 Å². The third kappa shape index (κ3) is 12.6. The van der Waals surface area contributed by atoms with Crippen LogP contribution in [0, 0.1) is 35.5 Å². The molecule has 0 aliphatic rings. The topological polar surface area (TPSA) is 40.5 Å². The fourth-order valence-electron chi connectivity index (χ4n) is 0.739. The van der Waals surface area contributed by atoms with Crippen LogP contribution in [0.5, 0.6) is 0 Å². The van der Waals surface area contributed by atoms with Gasteiger partial charge in [-0.3, -0.25) is 0 Å². The largest absolute Gasteiger partial charge is 0.396 e. The van der Waals surface area contributed by atoms with Crippen LogP contribution in [-0.4, -0.2) is 23.4 Å². The lowest BCUT2D eigenvalue weighted by molar-refractivity contribution is 0.290. The maximum absolute atomic E-state index is 8.48. The fourth-order valence-corrected chi connectivity index (χ4v) is 0.739. The van der Waals surface area contributed by atoms with E-state index in [-0.39, 0.29) is 13.2 Å². The SMILES string of the molecule is OCCC#CCC#CCC#CCCCO. The van der Waals surface area contributed by atoms with Crippen molar-refractivity contribution in [2.75, 3.05) is 13.2 Å². The Balaban J connectivity index is 3.45. The molecule has 0 aliphatic carbocycles. The average molecular weight is 204 g/mol. The van der Waals surface area contributed by atoms with Crippen LogP contribution >= 0.6 is 0 Å². The van der Waals surface area contributed by atoms with Gasteiger partial charge in [-0.05, 0) is 6.42 Å². The van der Waals surface area contributed by atoms with Crippen LogP contribution in [0.1, 0.15) is 32.1 Å². The van der Waals surface area contributed by atoms with E-state index in [0.29, 0.717) is 19.3 Å².